The molecule has 4 atom stereocenters. The van der Waals surface area contributed by atoms with E-state index in [1.165, 1.54) is 0 Å². The van der Waals surface area contributed by atoms with E-state index in [-0.39, 0.29) is 22.3 Å². The molecule has 0 spiro atoms. The maximum atomic E-state index is 12.6. The van der Waals surface area contributed by atoms with Gasteiger partial charge in [0.05, 0.1) is 33.2 Å². The van der Waals surface area contributed by atoms with E-state index in [2.05, 4.69) is 104 Å². The van der Waals surface area contributed by atoms with Crippen molar-refractivity contribution in [3.8, 4) is 89.7 Å². The number of aliphatic carboxylic acids is 2. The number of nitrogens with one attached hydrogen (secondary N) is 4. The highest BCUT2D eigenvalue weighted by Crippen LogP contribution is 2.55. The van der Waals surface area contributed by atoms with Gasteiger partial charge in [-0.25, -0.2) is 19.2 Å². The van der Waals surface area contributed by atoms with Crippen molar-refractivity contribution in [1.29, 1.82) is 0 Å². The molecule has 4 amide bonds. The lowest BCUT2D eigenvalue weighted by atomic mass is 9.92. The second-order valence-electron chi connectivity index (χ2n) is 36.7. The number of aromatic nitrogens is 4. The fourth-order valence-corrected chi connectivity index (χ4v) is 17.7. The molecule has 4 heterocycles. The highest BCUT2D eigenvalue weighted by Gasteiger charge is 2.53. The first-order chi connectivity index (χ1) is 69.5. The van der Waals surface area contributed by atoms with Gasteiger partial charge in [-0.05, 0) is 196 Å². The number of carbonyl (C=O) groups is 6. The lowest BCUT2D eigenvalue weighted by molar-refractivity contribution is -0.141. The van der Waals surface area contributed by atoms with Crippen LogP contribution in [-0.2, 0) is 50.2 Å². The Morgan fingerprint density at radius 1 is 0.278 bits per heavy atom. The molecule has 144 heavy (non-hydrogen) atoms. The van der Waals surface area contributed by atoms with Gasteiger partial charge in [0.1, 0.15) is 69.9 Å². The van der Waals surface area contributed by atoms with Crippen LogP contribution in [0, 0.1) is 27.7 Å². The second-order valence-corrected chi connectivity index (χ2v) is 36.7. The molecule has 0 radical (unpaired) electrons. The van der Waals surface area contributed by atoms with Crippen LogP contribution in [0.15, 0.2) is 358 Å². The molecule has 4 fully saturated rings. The lowest BCUT2D eigenvalue weighted by Crippen LogP contribution is -2.19. The number of benzene rings is 12. The molecule has 12 aromatic carbocycles. The highest BCUT2D eigenvalue weighted by molar-refractivity contribution is 5.95. The Morgan fingerprint density at radius 2 is 0.521 bits per heavy atom. The molecule has 0 unspecified atom stereocenters. The summed E-state index contributed by atoms with van der Waals surface area (Å²) >= 11 is 0. The van der Waals surface area contributed by atoms with E-state index in [1.54, 1.807) is 27.7 Å². The fourth-order valence-electron chi connectivity index (χ4n) is 17.7. The number of carboxylic acid groups (broad SMARTS) is 2. The molecule has 4 aliphatic rings. The van der Waals surface area contributed by atoms with Crippen molar-refractivity contribution in [3.05, 3.63) is 408 Å². The summed E-state index contributed by atoms with van der Waals surface area (Å²) in [7, 11) is 0. The number of allylic oxidation sites excluding steroid dienone is 2. The van der Waals surface area contributed by atoms with Gasteiger partial charge in [-0.1, -0.05) is 349 Å². The number of aliphatic hydroxyl groups is 2. The van der Waals surface area contributed by atoms with Gasteiger partial charge in [-0.3, -0.25) is 30.9 Å². The Bertz CT molecular complexity index is 6890. The van der Waals surface area contributed by atoms with Crippen LogP contribution in [0.5, 0.6) is 0 Å². The number of carbonyl (C=O) groups excluding carboxylic acids is 4. The lowest BCUT2D eigenvalue weighted by Gasteiger charge is -2.15. The largest absolute Gasteiger partial charge is 0.512 e. The van der Waals surface area contributed by atoms with Crippen LogP contribution in [0.4, 0.5) is 41.9 Å². The first kappa shape index (κ1) is 98.2. The molecule has 728 valence electrons. The maximum absolute atomic E-state index is 12.6. The van der Waals surface area contributed by atoms with Gasteiger partial charge in [0.2, 0.25) is 0 Å². The number of aliphatic hydroxyl groups excluding tert-OH is 2. The Morgan fingerprint density at radius 3 is 0.778 bits per heavy atom. The third-order valence-electron chi connectivity index (χ3n) is 27.1. The van der Waals surface area contributed by atoms with E-state index in [9.17, 15) is 49.2 Å². The predicted octanol–water partition coefficient (Wildman–Crippen LogP) is 28.9. The number of aryl methyl sites for hydroxylation is 4. The molecule has 26 nitrogen and oxygen atoms in total. The molecular formula is C118H108N8O18. The van der Waals surface area contributed by atoms with E-state index in [1.807, 2.05) is 295 Å². The maximum Gasteiger partial charge on any atom is 0.412 e. The van der Waals surface area contributed by atoms with Gasteiger partial charge in [0.25, 0.3) is 0 Å². The van der Waals surface area contributed by atoms with E-state index in [0.29, 0.717) is 94.2 Å². The number of carboxylic acids is 2. The van der Waals surface area contributed by atoms with Crippen LogP contribution in [0.2, 0.25) is 0 Å². The van der Waals surface area contributed by atoms with Crippen molar-refractivity contribution in [2.24, 2.45) is 0 Å². The first-order valence-electron chi connectivity index (χ1n) is 47.5. The molecule has 8 N–H and O–H groups in total. The average molecular weight is 1930 g/mol. The Hall–Kier alpha value is -17.4. The smallest absolute Gasteiger partial charge is 0.412 e. The van der Waals surface area contributed by atoms with Crippen LogP contribution in [0.25, 0.3) is 89.7 Å². The summed E-state index contributed by atoms with van der Waals surface area (Å²) in [5.41, 5.74) is 20.5. The number of hydrogen-bond acceptors (Lipinski definition) is 20. The Kier molecular flexibility index (Phi) is 28.9. The number of rotatable bonds is 28. The molecule has 20 rings (SSSR count). The highest BCUT2D eigenvalue weighted by atomic mass is 16.6. The van der Waals surface area contributed by atoms with Gasteiger partial charge >= 0.3 is 36.3 Å². The molecule has 0 aliphatic heterocycles. The zero-order valence-corrected chi connectivity index (χ0v) is 80.7. The SMILES string of the molecule is C=C(O)C1(c2ccc(-c3ccc(-c4noc(C)c4NC(=O)O[C@@H](C)c4ccccc4)cc3)cc2)CC1.C=C(O)C1(c2ccc(-c3ccc(-c4onc(C)c4NC(=O)O[C@@H](C)c4ccccc4)cc3)cc2)CC1.Cc1noc(-c2ccc(-c3cccc(C4(C(=O)O)CC4)c3)cc2)c1NC(=O)O[C@H](C)c1ccccc1.Cc1onc(-c2ccc(-c3cccc(C4(C(=O)O)CC4)c3)cc2)c1NC(=O)O[C@H](C)c1ccccc1. The first-order valence-corrected chi connectivity index (χ1v) is 47.5. The van der Waals surface area contributed by atoms with Crippen molar-refractivity contribution >= 4 is 59.1 Å². The van der Waals surface area contributed by atoms with E-state index in [4.69, 9.17) is 37.0 Å². The summed E-state index contributed by atoms with van der Waals surface area (Å²) in [6.45, 7) is 21.8. The van der Waals surface area contributed by atoms with Crippen LogP contribution < -0.4 is 21.3 Å². The topological polar surface area (TPSA) is 372 Å². The molecule has 16 aromatic rings. The number of amides is 4. The number of nitrogens with zero attached hydrogens (tertiary/aromatic N) is 4. The predicted molar refractivity (Wildman–Crippen MR) is 551 cm³/mol. The van der Waals surface area contributed by atoms with Crippen molar-refractivity contribution in [2.75, 3.05) is 21.3 Å². The zero-order chi connectivity index (χ0) is 101. The van der Waals surface area contributed by atoms with E-state index < -0.39 is 71.6 Å². The summed E-state index contributed by atoms with van der Waals surface area (Å²) in [6, 6.07) is 101. The van der Waals surface area contributed by atoms with Crippen molar-refractivity contribution in [1.82, 2.24) is 20.6 Å². The van der Waals surface area contributed by atoms with Crippen LogP contribution >= 0.6 is 0 Å². The average Bonchev–Trinajstić information content (AvgIpc) is 1.60. The zero-order valence-electron chi connectivity index (χ0n) is 80.7. The second kappa shape index (κ2) is 42.3. The number of anilines is 4. The van der Waals surface area contributed by atoms with E-state index in [0.717, 1.165) is 137 Å². The third-order valence-corrected chi connectivity index (χ3v) is 27.1. The van der Waals surface area contributed by atoms with Crippen LogP contribution in [0.3, 0.4) is 0 Å². The minimum Gasteiger partial charge on any atom is -0.512 e. The molecule has 4 aliphatic carbocycles. The van der Waals surface area contributed by atoms with Crippen LogP contribution in [-0.4, -0.2) is 77.4 Å². The van der Waals surface area contributed by atoms with Gasteiger partial charge < -0.3 is 57.5 Å². The van der Waals surface area contributed by atoms with Crippen molar-refractivity contribution < 1.29 is 86.2 Å². The standard InChI is InChI=1S/2C30H28N2O4.2C29H26N2O5/c1-19-27(31-29(34)35-20(2)22-7-5-4-6-8-22)28(36-32-19)25-11-9-23(10-12-25)24-13-15-26(16-14-24)30(17-18-30)21(3)33;1-19(22-7-5-4-6-8-22)35-29(34)31-27-20(2)36-32-28(27)25-11-9-23(10-12-25)24-13-15-26(16-14-24)30(17-18-30)21(3)33;1-18-25(30-28(34)35-19(2)20-7-4-3-5-8-20)26(36-31-18)22-13-11-21(12-14-22)23-9-6-10-24(17-23)29(15-16-29)27(32)33;1-18(20-7-4-3-5-8-20)35-28(34)30-25-19(2)36-31-26(25)22-13-11-21(12-14-22)23-9-6-10-24(17-23)29(15-16-29)27(32)33/h4-16,20,33H,3,17-18H2,1-2H3,(H,31,34);4-16,19,33H,3,17-18H2,1-2H3,(H,31,34);3-14,17,19H,15-16H2,1-2H3,(H,30,34)(H,32,33);3-14,17-18H,15-16H2,1-2H3,(H,30,34)(H,32,33)/t20-;2*19-;18-/m0011/s1. The molecule has 4 aromatic heterocycles. The van der Waals surface area contributed by atoms with Crippen LogP contribution in [0.1, 0.15) is 171 Å². The molecule has 4 saturated carbocycles. The molecule has 0 saturated heterocycles. The summed E-state index contributed by atoms with van der Waals surface area (Å²) < 4.78 is 44.0. The van der Waals surface area contributed by atoms with Gasteiger partial charge in [0, 0.05) is 22.3 Å². The number of hydrogen-bond donors (Lipinski definition) is 8. The minimum atomic E-state index is -0.771. The summed E-state index contributed by atoms with van der Waals surface area (Å²) in [5, 5.41) is 66.7. The van der Waals surface area contributed by atoms with Gasteiger partial charge in [-0.15, -0.1) is 0 Å². The van der Waals surface area contributed by atoms with Crippen molar-refractivity contribution in [2.45, 2.75) is 153 Å². The van der Waals surface area contributed by atoms with Gasteiger partial charge in [0.15, 0.2) is 23.0 Å². The molecule has 26 heteroatoms. The Labute approximate surface area is 832 Å². The third kappa shape index (κ3) is 21.9. The quantitative estimate of drug-likeness (QED) is 0.0167. The summed E-state index contributed by atoms with van der Waals surface area (Å²) in [6.07, 6.45) is 2.42. The fraction of sp³-hybridized carbons (Fsp3) is 0.203. The van der Waals surface area contributed by atoms with Crippen molar-refractivity contribution in [3.63, 3.8) is 0 Å². The summed E-state index contributed by atoms with van der Waals surface area (Å²) in [5.74, 6) is 0.800. The number of ether oxygens (including phenoxy) is 4. The Balaban J connectivity index is 0.000000132. The molecular weight excluding hydrogens is 1820 g/mol. The molecule has 0 bridgehead atoms. The van der Waals surface area contributed by atoms with E-state index >= 15 is 0 Å². The van der Waals surface area contributed by atoms with Gasteiger partial charge in [-0.2, -0.15) is 0 Å². The minimum absolute atomic E-state index is 0.241. The summed E-state index contributed by atoms with van der Waals surface area (Å²) in [4.78, 5) is 73.8. The monoisotopic (exact) mass is 1920 g/mol. The normalized spacial score (nSPS) is 14.6.